The number of esters is 1. The van der Waals surface area contributed by atoms with Crippen molar-refractivity contribution >= 4 is 16.1 Å². The van der Waals surface area contributed by atoms with E-state index >= 15 is 0 Å². The van der Waals surface area contributed by atoms with Crippen molar-refractivity contribution < 1.29 is 22.1 Å². The minimum atomic E-state index is -3.39. The van der Waals surface area contributed by atoms with Gasteiger partial charge in [0, 0.05) is 0 Å². The Kier molecular flexibility index (Phi) is 4.21. The van der Waals surface area contributed by atoms with Crippen LogP contribution in [-0.4, -0.2) is 33.4 Å². The van der Waals surface area contributed by atoms with Crippen molar-refractivity contribution in [3.05, 3.63) is 35.9 Å². The van der Waals surface area contributed by atoms with Gasteiger partial charge in [-0.25, -0.2) is 4.79 Å². The molecule has 0 bridgehead atoms. The van der Waals surface area contributed by atoms with Crippen LogP contribution in [0.1, 0.15) is 23.2 Å². The van der Waals surface area contributed by atoms with Crippen molar-refractivity contribution in [1.82, 2.24) is 0 Å². The highest BCUT2D eigenvalue weighted by atomic mass is 32.2. The molecule has 0 radical (unpaired) electrons. The van der Waals surface area contributed by atoms with E-state index in [1.807, 2.05) is 6.07 Å². The van der Waals surface area contributed by atoms with Crippen molar-refractivity contribution in [1.29, 1.82) is 0 Å². The van der Waals surface area contributed by atoms with Crippen LogP contribution >= 0.6 is 0 Å². The lowest BCUT2D eigenvalue weighted by atomic mass is 9.83. The number of ether oxygens (including phenoxy) is 1. The largest absolute Gasteiger partial charge is 0.462 e. The summed E-state index contributed by atoms with van der Waals surface area (Å²) in [4.78, 5) is 11.7. The van der Waals surface area contributed by atoms with Crippen LogP contribution in [0, 0.1) is 5.92 Å². The van der Waals surface area contributed by atoms with Crippen LogP contribution in [-0.2, 0) is 19.0 Å². The molecular formula is C13H16O5S. The fraction of sp³-hybridized carbons (Fsp3) is 0.462. The fourth-order valence-corrected chi connectivity index (χ4v) is 2.64. The van der Waals surface area contributed by atoms with Crippen molar-refractivity contribution in [3.8, 4) is 0 Å². The summed E-state index contributed by atoms with van der Waals surface area (Å²) in [5.41, 5.74) is 0.519. The van der Waals surface area contributed by atoms with Crippen LogP contribution in [0.4, 0.5) is 0 Å². The lowest BCUT2D eigenvalue weighted by Crippen LogP contribution is -2.36. The molecule has 1 aliphatic rings. The number of carbonyl (C=O) groups is 1. The zero-order valence-electron chi connectivity index (χ0n) is 10.6. The van der Waals surface area contributed by atoms with Gasteiger partial charge >= 0.3 is 5.97 Å². The van der Waals surface area contributed by atoms with Gasteiger partial charge in [0.15, 0.2) is 0 Å². The van der Waals surface area contributed by atoms with Gasteiger partial charge < -0.3 is 4.74 Å². The molecule has 1 saturated carbocycles. The van der Waals surface area contributed by atoms with Crippen molar-refractivity contribution in [2.24, 2.45) is 5.92 Å². The molecule has 0 heterocycles. The zero-order chi connectivity index (χ0) is 13.9. The molecule has 1 aromatic rings. The average Bonchev–Trinajstić information content (AvgIpc) is 2.31. The topological polar surface area (TPSA) is 69.7 Å². The second kappa shape index (κ2) is 5.71. The van der Waals surface area contributed by atoms with Gasteiger partial charge in [0.1, 0.15) is 0 Å². The molecule has 5 nitrogen and oxygen atoms in total. The van der Waals surface area contributed by atoms with E-state index < -0.39 is 10.1 Å². The van der Waals surface area contributed by atoms with Crippen LogP contribution in [0.3, 0.4) is 0 Å². The first-order valence-corrected chi connectivity index (χ1v) is 7.86. The predicted molar refractivity (Wildman–Crippen MR) is 69.2 cm³/mol. The Hall–Kier alpha value is -1.40. The van der Waals surface area contributed by atoms with Crippen LogP contribution in [0.15, 0.2) is 30.3 Å². The Morgan fingerprint density at radius 2 is 1.89 bits per heavy atom. The normalized spacial score (nSPS) is 22.6. The molecule has 0 aliphatic heterocycles. The maximum atomic E-state index is 11.7. The lowest BCUT2D eigenvalue weighted by Gasteiger charge is -2.33. The van der Waals surface area contributed by atoms with Crippen LogP contribution in [0.5, 0.6) is 0 Å². The molecule has 0 atom stereocenters. The first-order valence-electron chi connectivity index (χ1n) is 6.04. The average molecular weight is 284 g/mol. The fourth-order valence-electron chi connectivity index (χ4n) is 1.99. The summed E-state index contributed by atoms with van der Waals surface area (Å²) in [5, 5.41) is 0. The molecule has 0 saturated heterocycles. The minimum Gasteiger partial charge on any atom is -0.462 e. The third-order valence-corrected chi connectivity index (χ3v) is 3.58. The Morgan fingerprint density at radius 1 is 1.26 bits per heavy atom. The van der Waals surface area contributed by atoms with Crippen molar-refractivity contribution in [2.45, 2.75) is 18.9 Å². The Morgan fingerprint density at radius 3 is 2.47 bits per heavy atom. The number of hydrogen-bond donors (Lipinski definition) is 0. The number of hydrogen-bond acceptors (Lipinski definition) is 5. The van der Waals surface area contributed by atoms with Crippen molar-refractivity contribution in [2.75, 3.05) is 12.9 Å². The SMILES string of the molecule is CS(=O)(=O)OC1CC(COC(=O)c2ccccc2)C1. The van der Waals surface area contributed by atoms with Gasteiger partial charge in [-0.3, -0.25) is 4.18 Å². The molecule has 1 fully saturated rings. The highest BCUT2D eigenvalue weighted by Crippen LogP contribution is 2.31. The molecular weight excluding hydrogens is 268 g/mol. The number of carbonyl (C=O) groups excluding carboxylic acids is 1. The summed E-state index contributed by atoms with van der Waals surface area (Å²) in [7, 11) is -3.39. The second-order valence-electron chi connectivity index (χ2n) is 4.72. The van der Waals surface area contributed by atoms with E-state index in [0.29, 0.717) is 25.0 Å². The van der Waals surface area contributed by atoms with E-state index in [9.17, 15) is 13.2 Å². The standard InChI is InChI=1S/C13H16O5S/c1-19(15,16)18-12-7-10(8-12)9-17-13(14)11-5-3-2-4-6-11/h2-6,10,12H,7-9H2,1H3. The van der Waals surface area contributed by atoms with Gasteiger partial charge in [0.25, 0.3) is 10.1 Å². The molecule has 1 aliphatic carbocycles. The summed E-state index contributed by atoms with van der Waals surface area (Å²) in [6.45, 7) is 0.303. The van der Waals surface area contributed by atoms with E-state index in [1.165, 1.54) is 0 Å². The molecule has 0 unspecified atom stereocenters. The van der Waals surface area contributed by atoms with E-state index in [1.54, 1.807) is 24.3 Å². The molecule has 19 heavy (non-hydrogen) atoms. The quantitative estimate of drug-likeness (QED) is 0.606. The molecule has 6 heteroatoms. The van der Waals surface area contributed by atoms with E-state index in [4.69, 9.17) is 8.92 Å². The van der Waals surface area contributed by atoms with E-state index in [-0.39, 0.29) is 18.0 Å². The van der Waals surface area contributed by atoms with Gasteiger partial charge in [0.2, 0.25) is 0 Å². The molecule has 0 amide bonds. The lowest BCUT2D eigenvalue weighted by molar-refractivity contribution is 0.00865. The van der Waals surface area contributed by atoms with Gasteiger partial charge in [-0.1, -0.05) is 18.2 Å². The monoisotopic (exact) mass is 284 g/mol. The minimum absolute atomic E-state index is 0.180. The third kappa shape index (κ3) is 4.33. The summed E-state index contributed by atoms with van der Waals surface area (Å²) in [6, 6.07) is 8.76. The van der Waals surface area contributed by atoms with E-state index in [2.05, 4.69) is 0 Å². The molecule has 0 spiro atoms. The van der Waals surface area contributed by atoms with Gasteiger partial charge in [-0.15, -0.1) is 0 Å². The van der Waals surface area contributed by atoms with Crippen LogP contribution in [0.2, 0.25) is 0 Å². The predicted octanol–water partition coefficient (Wildman–Crippen LogP) is 1.60. The maximum Gasteiger partial charge on any atom is 0.338 e. The summed E-state index contributed by atoms with van der Waals surface area (Å²) < 4.78 is 31.8. The number of rotatable bonds is 5. The van der Waals surface area contributed by atoms with Crippen molar-refractivity contribution in [3.63, 3.8) is 0 Å². The highest BCUT2D eigenvalue weighted by Gasteiger charge is 2.33. The summed E-state index contributed by atoms with van der Waals surface area (Å²) in [6.07, 6.45) is 1.98. The van der Waals surface area contributed by atoms with E-state index in [0.717, 1.165) is 6.26 Å². The maximum absolute atomic E-state index is 11.7. The van der Waals surface area contributed by atoms with Gasteiger partial charge in [-0.05, 0) is 30.9 Å². The Bertz CT molecular complexity index is 531. The first-order chi connectivity index (χ1) is 8.94. The van der Waals surface area contributed by atoms with Gasteiger partial charge in [-0.2, -0.15) is 8.42 Å². The highest BCUT2D eigenvalue weighted by molar-refractivity contribution is 7.86. The molecule has 2 rings (SSSR count). The Labute approximate surface area is 112 Å². The van der Waals surface area contributed by atoms with Crippen LogP contribution in [0.25, 0.3) is 0 Å². The van der Waals surface area contributed by atoms with Crippen LogP contribution < -0.4 is 0 Å². The zero-order valence-corrected chi connectivity index (χ0v) is 11.4. The molecule has 0 N–H and O–H groups in total. The summed E-state index contributed by atoms with van der Waals surface area (Å²) >= 11 is 0. The van der Waals surface area contributed by atoms with Gasteiger partial charge in [0.05, 0.1) is 24.5 Å². The summed E-state index contributed by atoms with van der Waals surface area (Å²) in [5.74, 6) is -0.174. The smallest absolute Gasteiger partial charge is 0.338 e. The second-order valence-corrected chi connectivity index (χ2v) is 6.32. The first kappa shape index (κ1) is 14.0. The molecule has 104 valence electrons. The molecule has 1 aromatic carbocycles. The Balaban J connectivity index is 1.70. The molecule has 0 aromatic heterocycles. The number of benzene rings is 1. The third-order valence-electron chi connectivity index (χ3n) is 2.96.